The summed E-state index contributed by atoms with van der Waals surface area (Å²) in [4.78, 5) is 23.3. The number of aromatic nitrogens is 1. The number of anilines is 1. The van der Waals surface area contributed by atoms with Crippen molar-refractivity contribution < 1.29 is 9.90 Å². The maximum Gasteiger partial charge on any atom is 0.255 e. The van der Waals surface area contributed by atoms with E-state index in [1.165, 1.54) is 6.42 Å². The van der Waals surface area contributed by atoms with Crippen LogP contribution in [0.2, 0.25) is 5.02 Å². The van der Waals surface area contributed by atoms with Gasteiger partial charge in [0.1, 0.15) is 5.82 Å². The van der Waals surface area contributed by atoms with E-state index in [2.05, 4.69) is 14.8 Å². The number of hydrogen-bond donors (Lipinski definition) is 1. The Bertz CT molecular complexity index is 597. The molecule has 0 bridgehead atoms. The van der Waals surface area contributed by atoms with Crippen LogP contribution in [0.3, 0.4) is 0 Å². The van der Waals surface area contributed by atoms with Crippen molar-refractivity contribution in [2.45, 2.75) is 32.3 Å². The summed E-state index contributed by atoms with van der Waals surface area (Å²) in [6, 6.07) is 1.75. The van der Waals surface area contributed by atoms with Crippen LogP contribution in [0.15, 0.2) is 12.3 Å². The lowest BCUT2D eigenvalue weighted by Gasteiger charge is -2.36. The molecule has 0 saturated carbocycles. The van der Waals surface area contributed by atoms with Crippen LogP contribution in [-0.4, -0.2) is 77.7 Å². The Morgan fingerprint density at radius 1 is 1.20 bits per heavy atom. The molecule has 2 aliphatic heterocycles. The monoisotopic (exact) mass is 366 g/mol. The predicted molar refractivity (Wildman–Crippen MR) is 99.3 cm³/mol. The van der Waals surface area contributed by atoms with Crippen molar-refractivity contribution in [2.75, 3.05) is 50.7 Å². The number of carbonyl (C=O) groups excluding carboxylic acids is 1. The number of rotatable bonds is 4. The summed E-state index contributed by atoms with van der Waals surface area (Å²) in [5.74, 6) is 0.774. The van der Waals surface area contributed by atoms with Gasteiger partial charge in [0.15, 0.2) is 0 Å². The van der Waals surface area contributed by atoms with Gasteiger partial charge in [-0.3, -0.25) is 9.69 Å². The largest absolute Gasteiger partial charge is 0.392 e. The third-order valence-electron chi connectivity index (χ3n) is 4.91. The van der Waals surface area contributed by atoms with Gasteiger partial charge in [0.05, 0.1) is 16.7 Å². The standard InChI is InChI=1S/C18H27ClN4O2/c1-14(24)13-21-7-9-22(10-8-21)17-16(19)11-15(12-20-17)18(25)23-5-3-2-4-6-23/h11-12,14,24H,2-10,13H2,1H3/t14-/m1/s1. The third-order valence-corrected chi connectivity index (χ3v) is 5.18. The minimum Gasteiger partial charge on any atom is -0.392 e. The lowest BCUT2D eigenvalue weighted by Crippen LogP contribution is -2.48. The molecule has 3 rings (SSSR count). The van der Waals surface area contributed by atoms with E-state index in [1.807, 2.05) is 11.8 Å². The number of β-amino-alcohol motifs (C(OH)–C–C–N with tert-alkyl or cyclic N) is 1. The first kappa shape index (κ1) is 18.4. The Balaban J connectivity index is 1.63. The normalized spacial score (nSPS) is 20.6. The molecule has 2 aliphatic rings. The average Bonchev–Trinajstić information content (AvgIpc) is 2.62. The van der Waals surface area contributed by atoms with Crippen molar-refractivity contribution in [1.29, 1.82) is 0 Å². The molecule has 1 atom stereocenters. The fourth-order valence-corrected chi connectivity index (χ4v) is 3.86. The first-order chi connectivity index (χ1) is 12.0. The minimum absolute atomic E-state index is 0.0300. The van der Waals surface area contributed by atoms with Crippen LogP contribution in [0.5, 0.6) is 0 Å². The minimum atomic E-state index is -0.312. The molecule has 6 nitrogen and oxygen atoms in total. The van der Waals surface area contributed by atoms with Crippen molar-refractivity contribution in [2.24, 2.45) is 0 Å². The molecule has 0 aromatic carbocycles. The van der Waals surface area contributed by atoms with Crippen LogP contribution in [-0.2, 0) is 0 Å². The van der Waals surface area contributed by atoms with E-state index in [1.54, 1.807) is 12.3 Å². The summed E-state index contributed by atoms with van der Waals surface area (Å²) in [5, 5.41) is 10.0. The Kier molecular flexibility index (Phi) is 6.15. The number of hydrogen-bond acceptors (Lipinski definition) is 5. The van der Waals surface area contributed by atoms with Gasteiger partial charge in [0.2, 0.25) is 0 Å². The van der Waals surface area contributed by atoms with Crippen LogP contribution in [0.25, 0.3) is 0 Å². The molecule has 0 radical (unpaired) electrons. The summed E-state index contributed by atoms with van der Waals surface area (Å²) >= 11 is 6.44. The number of halogens is 1. The number of pyridine rings is 1. The van der Waals surface area contributed by atoms with E-state index in [0.29, 0.717) is 17.1 Å². The van der Waals surface area contributed by atoms with Crippen LogP contribution in [0.1, 0.15) is 36.5 Å². The van der Waals surface area contributed by atoms with E-state index in [-0.39, 0.29) is 12.0 Å². The Hall–Kier alpha value is -1.37. The Morgan fingerprint density at radius 3 is 2.48 bits per heavy atom. The Labute approximate surface area is 154 Å². The second-order valence-electron chi connectivity index (χ2n) is 7.02. The SMILES string of the molecule is C[C@@H](O)CN1CCN(c2ncc(C(=O)N3CCCCC3)cc2Cl)CC1. The molecule has 3 heterocycles. The number of carbonyl (C=O) groups is 1. The summed E-state index contributed by atoms with van der Waals surface area (Å²) in [6.07, 6.45) is 4.68. The van der Waals surface area contributed by atoms with Crippen LogP contribution >= 0.6 is 11.6 Å². The van der Waals surface area contributed by atoms with Gasteiger partial charge in [-0.15, -0.1) is 0 Å². The smallest absolute Gasteiger partial charge is 0.255 e. The van der Waals surface area contributed by atoms with Gasteiger partial charge in [0.25, 0.3) is 5.91 Å². The van der Waals surface area contributed by atoms with Crippen molar-refractivity contribution in [3.05, 3.63) is 22.8 Å². The molecule has 0 aliphatic carbocycles. The number of piperazine rings is 1. The Morgan fingerprint density at radius 2 is 1.88 bits per heavy atom. The maximum absolute atomic E-state index is 12.6. The number of aliphatic hydroxyl groups is 1. The fourth-order valence-electron chi connectivity index (χ4n) is 3.58. The zero-order valence-corrected chi connectivity index (χ0v) is 15.6. The molecule has 138 valence electrons. The highest BCUT2D eigenvalue weighted by molar-refractivity contribution is 6.33. The highest BCUT2D eigenvalue weighted by Gasteiger charge is 2.23. The molecular formula is C18H27ClN4O2. The molecular weight excluding hydrogens is 340 g/mol. The maximum atomic E-state index is 12.6. The highest BCUT2D eigenvalue weighted by Crippen LogP contribution is 2.26. The second-order valence-corrected chi connectivity index (χ2v) is 7.43. The molecule has 1 aromatic heterocycles. The van der Waals surface area contributed by atoms with E-state index < -0.39 is 0 Å². The average molecular weight is 367 g/mol. The van der Waals surface area contributed by atoms with Gasteiger partial charge in [-0.05, 0) is 32.3 Å². The summed E-state index contributed by atoms with van der Waals surface area (Å²) in [7, 11) is 0. The van der Waals surface area contributed by atoms with Gasteiger partial charge in [-0.1, -0.05) is 11.6 Å². The summed E-state index contributed by atoms with van der Waals surface area (Å²) in [5.41, 5.74) is 0.573. The first-order valence-electron chi connectivity index (χ1n) is 9.15. The lowest BCUT2D eigenvalue weighted by atomic mass is 10.1. The van der Waals surface area contributed by atoms with Crippen LogP contribution in [0, 0.1) is 0 Å². The van der Waals surface area contributed by atoms with Gasteiger partial charge >= 0.3 is 0 Å². The number of nitrogens with zero attached hydrogens (tertiary/aromatic N) is 4. The second kappa shape index (κ2) is 8.34. The summed E-state index contributed by atoms with van der Waals surface area (Å²) < 4.78 is 0. The van der Waals surface area contributed by atoms with E-state index in [0.717, 1.165) is 57.9 Å². The van der Waals surface area contributed by atoms with Gasteiger partial charge in [-0.25, -0.2) is 4.98 Å². The van der Waals surface area contributed by atoms with Gasteiger partial charge in [-0.2, -0.15) is 0 Å². The predicted octanol–water partition coefficient (Wildman–Crippen LogP) is 1.86. The topological polar surface area (TPSA) is 59.9 Å². The zero-order chi connectivity index (χ0) is 17.8. The number of amides is 1. The number of likely N-dealkylation sites (tertiary alicyclic amines) is 1. The first-order valence-corrected chi connectivity index (χ1v) is 9.52. The molecule has 7 heteroatoms. The van der Waals surface area contributed by atoms with Gasteiger partial charge in [0, 0.05) is 52.0 Å². The molecule has 0 unspecified atom stereocenters. The third kappa shape index (κ3) is 4.63. The highest BCUT2D eigenvalue weighted by atomic mass is 35.5. The fraction of sp³-hybridized carbons (Fsp3) is 0.667. The van der Waals surface area contributed by atoms with Crippen molar-refractivity contribution >= 4 is 23.3 Å². The van der Waals surface area contributed by atoms with Crippen molar-refractivity contribution in [3.8, 4) is 0 Å². The lowest BCUT2D eigenvalue weighted by molar-refractivity contribution is 0.0724. The molecule has 25 heavy (non-hydrogen) atoms. The van der Waals surface area contributed by atoms with Crippen molar-refractivity contribution in [1.82, 2.24) is 14.8 Å². The van der Waals surface area contributed by atoms with E-state index in [4.69, 9.17) is 11.6 Å². The zero-order valence-electron chi connectivity index (χ0n) is 14.8. The van der Waals surface area contributed by atoms with Crippen molar-refractivity contribution in [3.63, 3.8) is 0 Å². The molecule has 2 fully saturated rings. The summed E-state index contributed by atoms with van der Waals surface area (Å²) in [6.45, 7) is 7.53. The van der Waals surface area contributed by atoms with Gasteiger partial charge < -0.3 is 14.9 Å². The van der Waals surface area contributed by atoms with E-state index >= 15 is 0 Å². The molecule has 2 saturated heterocycles. The number of piperidine rings is 1. The molecule has 0 spiro atoms. The number of aliphatic hydroxyl groups excluding tert-OH is 1. The molecule has 1 amide bonds. The van der Waals surface area contributed by atoms with Crippen LogP contribution < -0.4 is 4.90 Å². The van der Waals surface area contributed by atoms with Crippen LogP contribution in [0.4, 0.5) is 5.82 Å². The van der Waals surface area contributed by atoms with E-state index in [9.17, 15) is 9.90 Å². The molecule has 1 aromatic rings. The molecule has 1 N–H and O–H groups in total. The quantitative estimate of drug-likeness (QED) is 0.881.